The second-order valence-corrected chi connectivity index (χ2v) is 5.03. The molecule has 0 aliphatic carbocycles. The predicted octanol–water partition coefficient (Wildman–Crippen LogP) is 4.60. The molecule has 0 aliphatic heterocycles. The van der Waals surface area contributed by atoms with Gasteiger partial charge < -0.3 is 9.47 Å². The fourth-order valence-corrected chi connectivity index (χ4v) is 2.34. The van der Waals surface area contributed by atoms with Crippen LogP contribution >= 0.6 is 8.25 Å². The first-order chi connectivity index (χ1) is 10.7. The first kappa shape index (κ1) is 16.1. The van der Waals surface area contributed by atoms with Gasteiger partial charge in [0.1, 0.15) is 11.5 Å². The second-order valence-electron chi connectivity index (χ2n) is 4.22. The van der Waals surface area contributed by atoms with E-state index >= 15 is 0 Å². The van der Waals surface area contributed by atoms with Crippen molar-refractivity contribution in [3.8, 4) is 23.0 Å². The lowest BCUT2D eigenvalue weighted by atomic mass is 10.3. The number of hydrogen-bond acceptors (Lipinski definition) is 5. The van der Waals surface area contributed by atoms with E-state index in [2.05, 4.69) is 0 Å². The average Bonchev–Trinajstić information content (AvgIpc) is 2.52. The third kappa shape index (κ3) is 4.93. The highest BCUT2D eigenvalue weighted by molar-refractivity contribution is 7.34. The van der Waals surface area contributed by atoms with Crippen molar-refractivity contribution in [1.82, 2.24) is 0 Å². The maximum atomic E-state index is 11.8. The Balaban J connectivity index is 1.89. The normalized spacial score (nSPS) is 9.91. The molecule has 0 radical (unpaired) electrons. The highest BCUT2D eigenvalue weighted by Gasteiger charge is 2.24. The standard InChI is InChI=1S/C16H18O5P/c1-3-18-13-5-9-15(10-6-13)20-22(17)21-16-11-7-14(8-12-16)19-4-2/h5-12H,3-4H2,1-2H3/q+1. The SMILES string of the molecule is CCOc1ccc(O[P+](=O)Oc2ccc(OCC)cc2)cc1. The van der Waals surface area contributed by atoms with E-state index in [4.69, 9.17) is 18.5 Å². The van der Waals surface area contributed by atoms with Crippen LogP contribution < -0.4 is 18.5 Å². The average molecular weight is 321 g/mol. The first-order valence-electron chi connectivity index (χ1n) is 7.00. The lowest BCUT2D eigenvalue weighted by Crippen LogP contribution is -1.93. The van der Waals surface area contributed by atoms with Gasteiger partial charge in [-0.05, 0) is 62.4 Å². The van der Waals surface area contributed by atoms with E-state index < -0.39 is 8.25 Å². The molecule has 0 spiro atoms. The minimum atomic E-state index is -2.30. The Hall–Kier alpha value is -2.26. The minimum absolute atomic E-state index is 0.454. The van der Waals surface area contributed by atoms with Crippen molar-refractivity contribution < 1.29 is 23.1 Å². The van der Waals surface area contributed by atoms with Gasteiger partial charge in [-0.1, -0.05) is 0 Å². The molecular formula is C16H18O5P+. The highest BCUT2D eigenvalue weighted by atomic mass is 31.1. The molecule has 0 atom stereocenters. The van der Waals surface area contributed by atoms with Gasteiger partial charge in [-0.25, -0.2) is 9.05 Å². The van der Waals surface area contributed by atoms with Crippen molar-refractivity contribution in [2.45, 2.75) is 13.8 Å². The van der Waals surface area contributed by atoms with Crippen molar-refractivity contribution in [2.24, 2.45) is 0 Å². The molecule has 0 unspecified atom stereocenters. The van der Waals surface area contributed by atoms with Gasteiger partial charge in [-0.15, -0.1) is 0 Å². The van der Waals surface area contributed by atoms with E-state index in [1.165, 1.54) is 0 Å². The topological polar surface area (TPSA) is 54.0 Å². The molecule has 2 aromatic carbocycles. The Kier molecular flexibility index (Phi) is 6.04. The maximum absolute atomic E-state index is 11.8. The number of benzene rings is 2. The summed E-state index contributed by atoms with van der Waals surface area (Å²) in [6.45, 7) is 5.00. The number of rotatable bonds is 8. The summed E-state index contributed by atoms with van der Waals surface area (Å²) >= 11 is 0. The summed E-state index contributed by atoms with van der Waals surface area (Å²) in [4.78, 5) is 0. The van der Waals surface area contributed by atoms with Crippen LogP contribution in [0.5, 0.6) is 23.0 Å². The quantitative estimate of drug-likeness (QED) is 0.665. The Labute approximate surface area is 130 Å². The molecular weight excluding hydrogens is 303 g/mol. The van der Waals surface area contributed by atoms with E-state index in [1.807, 2.05) is 13.8 Å². The molecule has 0 aromatic heterocycles. The lowest BCUT2D eigenvalue weighted by Gasteiger charge is -2.02. The summed E-state index contributed by atoms with van der Waals surface area (Å²) in [6.07, 6.45) is 0. The maximum Gasteiger partial charge on any atom is 0.805 e. The summed E-state index contributed by atoms with van der Waals surface area (Å²) in [7, 11) is -2.30. The zero-order valence-corrected chi connectivity index (χ0v) is 13.4. The van der Waals surface area contributed by atoms with Crippen molar-refractivity contribution in [2.75, 3.05) is 13.2 Å². The molecule has 2 aromatic rings. The molecule has 2 rings (SSSR count). The van der Waals surface area contributed by atoms with Gasteiger partial charge in [0, 0.05) is 4.57 Å². The fourth-order valence-electron chi connectivity index (χ4n) is 1.72. The van der Waals surface area contributed by atoms with Crippen molar-refractivity contribution in [1.29, 1.82) is 0 Å². The Morgan fingerprint density at radius 3 is 1.32 bits per heavy atom. The van der Waals surface area contributed by atoms with Gasteiger partial charge in [0.25, 0.3) is 0 Å². The van der Waals surface area contributed by atoms with E-state index in [0.29, 0.717) is 24.7 Å². The van der Waals surface area contributed by atoms with Crippen molar-refractivity contribution in [3.05, 3.63) is 48.5 Å². The Morgan fingerprint density at radius 2 is 1.00 bits per heavy atom. The summed E-state index contributed by atoms with van der Waals surface area (Å²) in [5.74, 6) is 2.38. The van der Waals surface area contributed by atoms with Gasteiger partial charge >= 0.3 is 8.25 Å². The van der Waals surface area contributed by atoms with Crippen LogP contribution in [-0.2, 0) is 4.57 Å². The van der Waals surface area contributed by atoms with Crippen LogP contribution in [0.25, 0.3) is 0 Å². The van der Waals surface area contributed by atoms with E-state index in [9.17, 15) is 4.57 Å². The minimum Gasteiger partial charge on any atom is -0.494 e. The van der Waals surface area contributed by atoms with Crippen LogP contribution in [0, 0.1) is 0 Å². The Bertz CT molecular complexity index is 541. The molecule has 0 saturated carbocycles. The smallest absolute Gasteiger partial charge is 0.494 e. The molecule has 0 heterocycles. The number of hydrogen-bond donors (Lipinski definition) is 0. The second kappa shape index (κ2) is 8.25. The summed E-state index contributed by atoms with van der Waals surface area (Å²) in [6, 6.07) is 13.7. The van der Waals surface area contributed by atoms with Crippen molar-refractivity contribution in [3.63, 3.8) is 0 Å². The van der Waals surface area contributed by atoms with Gasteiger partial charge in [0.05, 0.1) is 13.2 Å². The lowest BCUT2D eigenvalue weighted by molar-refractivity contribution is 0.339. The molecule has 0 fully saturated rings. The third-order valence-corrected chi connectivity index (χ3v) is 3.35. The number of ether oxygens (including phenoxy) is 2. The fraction of sp³-hybridized carbons (Fsp3) is 0.250. The largest absolute Gasteiger partial charge is 0.805 e. The monoisotopic (exact) mass is 321 g/mol. The van der Waals surface area contributed by atoms with Gasteiger partial charge in [-0.2, -0.15) is 0 Å². The van der Waals surface area contributed by atoms with Gasteiger partial charge in [0.2, 0.25) is 0 Å². The molecule has 6 heteroatoms. The van der Waals surface area contributed by atoms with Crippen LogP contribution in [0.15, 0.2) is 48.5 Å². The van der Waals surface area contributed by atoms with Crippen molar-refractivity contribution >= 4 is 8.25 Å². The van der Waals surface area contributed by atoms with E-state index in [1.54, 1.807) is 48.5 Å². The molecule has 0 bridgehead atoms. The van der Waals surface area contributed by atoms with Gasteiger partial charge in [-0.3, -0.25) is 0 Å². The van der Waals surface area contributed by atoms with Crippen LogP contribution in [-0.4, -0.2) is 13.2 Å². The highest BCUT2D eigenvalue weighted by Crippen LogP contribution is 2.32. The molecule has 0 aliphatic rings. The molecule has 116 valence electrons. The van der Waals surface area contributed by atoms with Crippen LogP contribution in [0.2, 0.25) is 0 Å². The molecule has 22 heavy (non-hydrogen) atoms. The van der Waals surface area contributed by atoms with Gasteiger partial charge in [0.15, 0.2) is 11.5 Å². The first-order valence-corrected chi connectivity index (χ1v) is 8.09. The molecule has 0 saturated heterocycles. The predicted molar refractivity (Wildman–Crippen MR) is 84.1 cm³/mol. The molecule has 5 nitrogen and oxygen atoms in total. The molecule has 0 N–H and O–H groups in total. The van der Waals surface area contributed by atoms with Crippen LogP contribution in [0.1, 0.15) is 13.8 Å². The van der Waals surface area contributed by atoms with Crippen LogP contribution in [0.4, 0.5) is 0 Å². The summed E-state index contributed by atoms with van der Waals surface area (Å²) < 4.78 is 32.9. The zero-order chi connectivity index (χ0) is 15.8. The zero-order valence-electron chi connectivity index (χ0n) is 12.5. The Morgan fingerprint density at radius 1 is 0.682 bits per heavy atom. The van der Waals surface area contributed by atoms with Crippen LogP contribution in [0.3, 0.4) is 0 Å². The summed E-state index contributed by atoms with van der Waals surface area (Å²) in [5.41, 5.74) is 0. The third-order valence-electron chi connectivity index (χ3n) is 2.63. The van der Waals surface area contributed by atoms with E-state index in [0.717, 1.165) is 11.5 Å². The molecule has 0 amide bonds. The summed E-state index contributed by atoms with van der Waals surface area (Å²) in [5, 5.41) is 0. The van der Waals surface area contributed by atoms with E-state index in [-0.39, 0.29) is 0 Å².